The summed E-state index contributed by atoms with van der Waals surface area (Å²) in [7, 11) is 0. The van der Waals surface area contributed by atoms with Crippen LogP contribution in [0.3, 0.4) is 0 Å². The van der Waals surface area contributed by atoms with Gasteiger partial charge in [0.25, 0.3) is 0 Å². The zero-order chi connectivity index (χ0) is 38.7. The van der Waals surface area contributed by atoms with Gasteiger partial charge in [-0.25, -0.2) is 0 Å². The Hall–Kier alpha value is -6.76. The molecule has 0 N–H and O–H groups in total. The third kappa shape index (κ3) is 5.92. The molecule has 57 heavy (non-hydrogen) atoms. The first kappa shape index (κ1) is 34.7. The molecule has 0 heteroatoms. The van der Waals surface area contributed by atoms with Crippen LogP contribution in [0.5, 0.6) is 0 Å². The average Bonchev–Trinajstić information content (AvgIpc) is 3.47. The van der Waals surface area contributed by atoms with E-state index in [2.05, 4.69) is 209 Å². The fourth-order valence-corrected chi connectivity index (χ4v) is 9.43. The Labute approximate surface area is 335 Å². The van der Waals surface area contributed by atoms with Crippen molar-refractivity contribution >= 4 is 48.7 Å². The monoisotopic (exact) mass is 728 g/mol. The Morgan fingerprint density at radius 2 is 1.19 bits per heavy atom. The molecule has 0 bridgehead atoms. The molecule has 0 aromatic heterocycles. The minimum absolute atomic E-state index is 0.212. The van der Waals surface area contributed by atoms with Crippen LogP contribution < -0.4 is 0 Å². The number of fused-ring (bicyclic) bond motifs is 7. The Morgan fingerprint density at radius 1 is 0.579 bits per heavy atom. The second-order valence-corrected chi connectivity index (χ2v) is 16.2. The van der Waals surface area contributed by atoms with Gasteiger partial charge in [-0.15, -0.1) is 0 Å². The van der Waals surface area contributed by atoms with Gasteiger partial charge in [-0.05, 0) is 141 Å². The first-order valence-electron chi connectivity index (χ1n) is 20.1. The summed E-state index contributed by atoms with van der Waals surface area (Å²) in [6.45, 7) is 13.8. The summed E-state index contributed by atoms with van der Waals surface area (Å²) in [5.74, 6) is 0. The maximum absolute atomic E-state index is 4.66. The Balaban J connectivity index is 1.20. The zero-order valence-electron chi connectivity index (χ0n) is 32.6. The predicted molar refractivity (Wildman–Crippen MR) is 248 cm³/mol. The lowest BCUT2D eigenvalue weighted by molar-refractivity contribution is 0.661. The van der Waals surface area contributed by atoms with E-state index >= 15 is 0 Å². The van der Waals surface area contributed by atoms with Crippen molar-refractivity contribution in [1.82, 2.24) is 0 Å². The Morgan fingerprint density at radius 3 is 1.82 bits per heavy atom. The molecule has 0 aliphatic heterocycles. The van der Waals surface area contributed by atoms with Crippen LogP contribution in [0.25, 0.3) is 82.0 Å². The number of benzene rings is 8. The number of rotatable bonds is 7. The molecule has 0 spiro atoms. The lowest BCUT2D eigenvalue weighted by Crippen LogP contribution is -2.15. The predicted octanol–water partition coefficient (Wildman–Crippen LogP) is 15.9. The van der Waals surface area contributed by atoms with Crippen LogP contribution >= 0.6 is 0 Å². The molecule has 8 aromatic carbocycles. The van der Waals surface area contributed by atoms with E-state index in [1.807, 2.05) is 0 Å². The third-order valence-corrected chi connectivity index (χ3v) is 12.3. The summed E-state index contributed by atoms with van der Waals surface area (Å²) in [4.78, 5) is 0. The van der Waals surface area contributed by atoms with Crippen LogP contribution in [0.2, 0.25) is 0 Å². The summed E-state index contributed by atoms with van der Waals surface area (Å²) in [6.07, 6.45) is 16.9. The summed E-state index contributed by atoms with van der Waals surface area (Å²) < 4.78 is 0. The first-order valence-corrected chi connectivity index (χ1v) is 20.1. The normalized spacial score (nSPS) is 14.9. The van der Waals surface area contributed by atoms with Gasteiger partial charge in [0.2, 0.25) is 0 Å². The molecule has 0 saturated carbocycles. The number of allylic oxidation sites excluding steroid dienone is 10. The molecule has 0 fully saturated rings. The van der Waals surface area contributed by atoms with Crippen molar-refractivity contribution in [2.75, 3.05) is 0 Å². The average molecular weight is 729 g/mol. The maximum atomic E-state index is 4.66. The zero-order valence-corrected chi connectivity index (χ0v) is 32.6. The van der Waals surface area contributed by atoms with E-state index < -0.39 is 0 Å². The summed E-state index contributed by atoms with van der Waals surface area (Å²) in [5, 5.41) is 10.1. The van der Waals surface area contributed by atoms with Crippen molar-refractivity contribution in [2.24, 2.45) is 0 Å². The minimum Gasteiger partial charge on any atom is -0.0955 e. The van der Waals surface area contributed by atoms with Crippen LogP contribution in [0.15, 0.2) is 206 Å². The van der Waals surface area contributed by atoms with E-state index in [0.717, 1.165) is 24.0 Å². The topological polar surface area (TPSA) is 0 Å². The lowest BCUT2D eigenvalue weighted by Gasteiger charge is -2.24. The van der Waals surface area contributed by atoms with Crippen LogP contribution in [-0.2, 0) is 5.41 Å². The molecule has 0 amide bonds. The minimum atomic E-state index is -0.212. The summed E-state index contributed by atoms with van der Waals surface area (Å²) >= 11 is 0. The quantitative estimate of drug-likeness (QED) is 0.113. The molecule has 0 saturated heterocycles. The van der Waals surface area contributed by atoms with Gasteiger partial charge in [0.15, 0.2) is 0 Å². The Bertz CT molecular complexity index is 3120. The molecular weight excluding hydrogens is 685 g/mol. The molecule has 0 radical (unpaired) electrons. The third-order valence-electron chi connectivity index (χ3n) is 12.3. The van der Waals surface area contributed by atoms with Crippen molar-refractivity contribution in [1.29, 1.82) is 0 Å². The highest BCUT2D eigenvalue weighted by Crippen LogP contribution is 2.55. The van der Waals surface area contributed by atoms with Crippen LogP contribution in [0.4, 0.5) is 0 Å². The highest BCUT2D eigenvalue weighted by molar-refractivity contribution is 6.23. The van der Waals surface area contributed by atoms with Crippen LogP contribution in [-0.4, -0.2) is 0 Å². The Kier molecular flexibility index (Phi) is 8.38. The molecule has 272 valence electrons. The van der Waals surface area contributed by atoms with Crippen molar-refractivity contribution in [2.45, 2.75) is 32.1 Å². The number of hydrogen-bond acceptors (Lipinski definition) is 0. The second kappa shape index (κ2) is 13.8. The molecule has 0 atom stereocenters. The molecule has 0 unspecified atom stereocenters. The molecule has 0 nitrogen and oxygen atoms in total. The van der Waals surface area contributed by atoms with Gasteiger partial charge in [0.1, 0.15) is 0 Å². The lowest BCUT2D eigenvalue weighted by atomic mass is 9.79. The van der Waals surface area contributed by atoms with Crippen molar-refractivity contribution in [3.63, 3.8) is 0 Å². The smallest absolute Gasteiger partial charge is 0.0159 e. The van der Waals surface area contributed by atoms with E-state index in [-0.39, 0.29) is 5.41 Å². The fourth-order valence-electron chi connectivity index (χ4n) is 9.43. The van der Waals surface area contributed by atoms with Gasteiger partial charge in [0, 0.05) is 5.41 Å². The van der Waals surface area contributed by atoms with Gasteiger partial charge in [-0.3, -0.25) is 0 Å². The standard InChI is InChI=1S/C57H44/c1-37(32-39-18-6-5-7-19-39)16-14-17-38(2)46-26-15-27-52-56(46)51-35-49-50(36-53(51)57(52,3)4)55(45-31-29-41-21-9-11-23-43(41)34-45)48-25-13-12-24-47(48)54(49)44-30-28-40-20-8-10-22-42(40)33-44/h5-15,17-18,20-36H,1-2,16,19H2,3-4H3/b17-14-,39-32-. The summed E-state index contributed by atoms with van der Waals surface area (Å²) in [6, 6.07) is 52.2. The SMILES string of the molecule is C=C(/C=C1/C=CC=CC1)C/C=C\C(=C)c1cccc2c1-c1cc3c(-c4ccc5ccccc5c4)c4ccccc4c(-c4ccc5ccccc5c4)c3cc1C2(C)C. The molecule has 2 aliphatic carbocycles. The van der Waals surface area contributed by atoms with E-state index in [1.54, 1.807) is 0 Å². The van der Waals surface area contributed by atoms with Gasteiger partial charge in [-0.2, -0.15) is 0 Å². The molecule has 0 heterocycles. The van der Waals surface area contributed by atoms with Crippen molar-refractivity contribution in [3.05, 3.63) is 223 Å². The molecule has 8 aromatic rings. The van der Waals surface area contributed by atoms with Crippen molar-refractivity contribution in [3.8, 4) is 33.4 Å². The van der Waals surface area contributed by atoms with E-state index in [4.69, 9.17) is 0 Å². The molecular formula is C57H44. The first-order chi connectivity index (χ1) is 27.8. The fraction of sp³-hybridized carbons (Fsp3) is 0.0877. The van der Waals surface area contributed by atoms with Crippen LogP contribution in [0, 0.1) is 0 Å². The summed E-state index contributed by atoms with van der Waals surface area (Å²) in [5.41, 5.74) is 14.7. The van der Waals surface area contributed by atoms with E-state index in [0.29, 0.717) is 0 Å². The van der Waals surface area contributed by atoms with Gasteiger partial charge in [0.05, 0.1) is 0 Å². The largest absolute Gasteiger partial charge is 0.0955 e. The van der Waals surface area contributed by atoms with E-state index in [9.17, 15) is 0 Å². The highest BCUT2D eigenvalue weighted by atomic mass is 14.4. The van der Waals surface area contributed by atoms with Gasteiger partial charge < -0.3 is 0 Å². The highest BCUT2D eigenvalue weighted by Gasteiger charge is 2.38. The molecule has 2 aliphatic rings. The molecule has 10 rings (SSSR count). The number of hydrogen-bond donors (Lipinski definition) is 0. The van der Waals surface area contributed by atoms with E-state index in [1.165, 1.54) is 98.7 Å². The van der Waals surface area contributed by atoms with Crippen molar-refractivity contribution < 1.29 is 0 Å². The van der Waals surface area contributed by atoms with Gasteiger partial charge in [-0.1, -0.05) is 190 Å². The maximum Gasteiger partial charge on any atom is 0.0159 e. The second-order valence-electron chi connectivity index (χ2n) is 16.2. The van der Waals surface area contributed by atoms with Gasteiger partial charge >= 0.3 is 0 Å². The van der Waals surface area contributed by atoms with Crippen LogP contribution in [0.1, 0.15) is 43.4 Å².